The van der Waals surface area contributed by atoms with Crippen molar-refractivity contribution < 1.29 is 29.3 Å². The quantitative estimate of drug-likeness (QED) is 0.105. The highest BCUT2D eigenvalue weighted by atomic mass is 16.5. The molecule has 0 aliphatic rings. The summed E-state index contributed by atoms with van der Waals surface area (Å²) in [5, 5.41) is 19.4. The number of unbranched alkanes of at least 4 members (excludes halogenated alkanes) is 2. The molecule has 0 spiro atoms. The SMILES string of the molecule is CCCCCc1ccc(-c2ccc(-c3ccc(OCC(C)(CO)CO)c(CCCOC(=O)C(C)=O)c3)c(CC)c2)cc1. The zero-order chi connectivity index (χ0) is 30.5. The molecule has 6 heteroatoms. The molecule has 0 aliphatic heterocycles. The molecular weight excluding hydrogens is 528 g/mol. The summed E-state index contributed by atoms with van der Waals surface area (Å²) in [5.74, 6) is -0.800. The second kappa shape index (κ2) is 16.2. The molecule has 3 rings (SSSR count). The molecule has 3 aromatic carbocycles. The Kier molecular flexibility index (Phi) is 12.8. The summed E-state index contributed by atoms with van der Waals surface area (Å²) in [6.45, 7) is 7.21. The number of hydrogen-bond donors (Lipinski definition) is 2. The molecule has 0 aromatic heterocycles. The third-order valence-corrected chi connectivity index (χ3v) is 7.66. The first kappa shape index (κ1) is 33.0. The topological polar surface area (TPSA) is 93.1 Å². The van der Waals surface area contributed by atoms with Gasteiger partial charge in [-0.1, -0.05) is 82.1 Å². The number of rotatable bonds is 17. The van der Waals surface area contributed by atoms with Crippen LogP contribution in [0.15, 0.2) is 60.7 Å². The highest BCUT2D eigenvalue weighted by Crippen LogP contribution is 2.33. The number of carbonyl (C=O) groups is 2. The third kappa shape index (κ3) is 9.27. The van der Waals surface area contributed by atoms with Crippen LogP contribution in [0.25, 0.3) is 22.3 Å². The Labute approximate surface area is 250 Å². The van der Waals surface area contributed by atoms with E-state index in [-0.39, 0.29) is 26.4 Å². The van der Waals surface area contributed by atoms with Crippen LogP contribution in [0.1, 0.15) is 70.1 Å². The molecule has 2 N–H and O–H groups in total. The highest BCUT2D eigenvalue weighted by molar-refractivity contribution is 6.32. The van der Waals surface area contributed by atoms with E-state index in [0.717, 1.165) is 29.5 Å². The Bertz CT molecular complexity index is 1310. The van der Waals surface area contributed by atoms with Crippen LogP contribution in [0.3, 0.4) is 0 Å². The van der Waals surface area contributed by atoms with Crippen LogP contribution < -0.4 is 4.74 Å². The van der Waals surface area contributed by atoms with Gasteiger partial charge in [0.1, 0.15) is 5.75 Å². The number of hydrogen-bond acceptors (Lipinski definition) is 6. The molecule has 0 saturated carbocycles. The second-order valence-electron chi connectivity index (χ2n) is 11.4. The summed E-state index contributed by atoms with van der Waals surface area (Å²) >= 11 is 0. The fourth-order valence-corrected chi connectivity index (χ4v) is 4.80. The number of Topliss-reactive ketones (excluding diaryl/α,β-unsaturated/α-hetero) is 1. The number of esters is 1. The van der Waals surface area contributed by atoms with Gasteiger partial charge < -0.3 is 19.7 Å². The van der Waals surface area contributed by atoms with Crippen molar-refractivity contribution in [2.75, 3.05) is 26.4 Å². The lowest BCUT2D eigenvalue weighted by atomic mass is 9.91. The van der Waals surface area contributed by atoms with E-state index in [4.69, 9.17) is 9.47 Å². The predicted octanol–water partition coefficient (Wildman–Crippen LogP) is 6.75. The van der Waals surface area contributed by atoms with Crippen LogP contribution in [0, 0.1) is 5.41 Å². The fraction of sp³-hybridized carbons (Fsp3) is 0.444. The minimum absolute atomic E-state index is 0.124. The number of aliphatic hydroxyl groups is 2. The van der Waals surface area contributed by atoms with E-state index in [1.165, 1.54) is 48.4 Å². The normalized spacial score (nSPS) is 11.4. The van der Waals surface area contributed by atoms with Crippen LogP contribution in [0.2, 0.25) is 0 Å². The van der Waals surface area contributed by atoms with Crippen molar-refractivity contribution in [1.82, 2.24) is 0 Å². The van der Waals surface area contributed by atoms with E-state index < -0.39 is 17.2 Å². The fourth-order valence-electron chi connectivity index (χ4n) is 4.80. The van der Waals surface area contributed by atoms with Gasteiger partial charge in [0.25, 0.3) is 0 Å². The number of ether oxygens (including phenoxy) is 2. The first-order valence-electron chi connectivity index (χ1n) is 15.1. The smallest absolute Gasteiger partial charge is 0.374 e. The molecule has 0 atom stereocenters. The lowest BCUT2D eigenvalue weighted by Crippen LogP contribution is -2.33. The van der Waals surface area contributed by atoms with Crippen molar-refractivity contribution in [3.63, 3.8) is 0 Å². The zero-order valence-corrected chi connectivity index (χ0v) is 25.6. The molecule has 0 amide bonds. The standard InChI is InChI=1S/C36H46O6/c1-5-7-8-10-27-12-14-29(15-13-27)30-16-18-33(28(6-2)21-30)31-17-19-34(42-25-36(4,23-37)24-38)32(22-31)11-9-20-41-35(40)26(3)39/h12-19,21-22,37-38H,5-11,20,23-25H2,1-4H3. The molecule has 0 bridgehead atoms. The highest BCUT2D eigenvalue weighted by Gasteiger charge is 2.24. The largest absolute Gasteiger partial charge is 0.493 e. The number of ketones is 1. The predicted molar refractivity (Wildman–Crippen MR) is 168 cm³/mol. The maximum atomic E-state index is 11.6. The van der Waals surface area contributed by atoms with E-state index >= 15 is 0 Å². The Morgan fingerprint density at radius 3 is 2.10 bits per heavy atom. The van der Waals surface area contributed by atoms with Crippen molar-refractivity contribution in [3.8, 4) is 28.0 Å². The van der Waals surface area contributed by atoms with E-state index in [0.29, 0.717) is 18.6 Å². The Morgan fingerprint density at radius 1 is 0.786 bits per heavy atom. The Morgan fingerprint density at radius 2 is 1.45 bits per heavy atom. The summed E-state index contributed by atoms with van der Waals surface area (Å²) in [7, 11) is 0. The van der Waals surface area contributed by atoms with Crippen molar-refractivity contribution in [1.29, 1.82) is 0 Å². The number of carbonyl (C=O) groups excluding carboxylic acids is 2. The molecule has 0 saturated heterocycles. The summed E-state index contributed by atoms with van der Waals surface area (Å²) in [6, 6.07) is 21.6. The van der Waals surface area contributed by atoms with E-state index in [1.54, 1.807) is 6.92 Å². The molecule has 6 nitrogen and oxygen atoms in total. The lowest BCUT2D eigenvalue weighted by molar-refractivity contribution is -0.153. The summed E-state index contributed by atoms with van der Waals surface area (Å²) in [5.41, 5.74) is 7.36. The first-order chi connectivity index (χ1) is 20.2. The minimum atomic E-state index is -0.833. The van der Waals surface area contributed by atoms with Crippen molar-refractivity contribution in [2.24, 2.45) is 5.41 Å². The number of benzene rings is 3. The second-order valence-corrected chi connectivity index (χ2v) is 11.4. The van der Waals surface area contributed by atoms with Crippen molar-refractivity contribution >= 4 is 11.8 Å². The third-order valence-electron chi connectivity index (χ3n) is 7.66. The van der Waals surface area contributed by atoms with Gasteiger partial charge in [0.15, 0.2) is 0 Å². The van der Waals surface area contributed by atoms with Gasteiger partial charge >= 0.3 is 5.97 Å². The number of aryl methyl sites for hydroxylation is 3. The van der Waals surface area contributed by atoms with Gasteiger partial charge in [0, 0.05) is 12.3 Å². The van der Waals surface area contributed by atoms with Gasteiger partial charge in [-0.3, -0.25) is 4.79 Å². The molecule has 0 fully saturated rings. The van der Waals surface area contributed by atoms with Crippen LogP contribution in [-0.2, 0) is 33.6 Å². The average molecular weight is 575 g/mol. The van der Waals surface area contributed by atoms with Gasteiger partial charge in [-0.05, 0) is 83.2 Å². The molecule has 3 aromatic rings. The van der Waals surface area contributed by atoms with Crippen molar-refractivity contribution in [2.45, 2.75) is 72.6 Å². The van der Waals surface area contributed by atoms with Gasteiger partial charge in [-0.15, -0.1) is 0 Å². The molecule has 0 heterocycles. The van der Waals surface area contributed by atoms with Gasteiger partial charge in [0.2, 0.25) is 5.78 Å². The Hall–Kier alpha value is -3.48. The maximum Gasteiger partial charge on any atom is 0.374 e. The van der Waals surface area contributed by atoms with Crippen LogP contribution in [0.5, 0.6) is 5.75 Å². The van der Waals surface area contributed by atoms with E-state index in [9.17, 15) is 19.8 Å². The van der Waals surface area contributed by atoms with Crippen LogP contribution >= 0.6 is 0 Å². The molecule has 0 aliphatic carbocycles. The summed E-state index contributed by atoms with van der Waals surface area (Å²) < 4.78 is 11.1. The summed E-state index contributed by atoms with van der Waals surface area (Å²) in [4.78, 5) is 22.8. The lowest BCUT2D eigenvalue weighted by Gasteiger charge is -2.25. The van der Waals surface area contributed by atoms with Crippen LogP contribution in [0.4, 0.5) is 0 Å². The van der Waals surface area contributed by atoms with E-state index in [1.807, 2.05) is 12.1 Å². The molecule has 0 unspecified atom stereocenters. The monoisotopic (exact) mass is 574 g/mol. The maximum absolute atomic E-state index is 11.6. The van der Waals surface area contributed by atoms with Gasteiger partial charge in [0.05, 0.1) is 26.4 Å². The minimum Gasteiger partial charge on any atom is -0.493 e. The number of aliphatic hydroxyl groups excluding tert-OH is 2. The molecule has 42 heavy (non-hydrogen) atoms. The average Bonchev–Trinajstić information content (AvgIpc) is 3.02. The molecular formula is C36H46O6. The zero-order valence-electron chi connectivity index (χ0n) is 25.6. The molecule has 0 radical (unpaired) electrons. The van der Waals surface area contributed by atoms with E-state index in [2.05, 4.69) is 62.4 Å². The molecule has 226 valence electrons. The van der Waals surface area contributed by atoms with Crippen molar-refractivity contribution in [3.05, 3.63) is 77.4 Å². The Balaban J connectivity index is 1.85. The van der Waals surface area contributed by atoms with Crippen LogP contribution in [-0.4, -0.2) is 48.4 Å². The van der Waals surface area contributed by atoms with Gasteiger partial charge in [-0.25, -0.2) is 4.79 Å². The first-order valence-corrected chi connectivity index (χ1v) is 15.1. The van der Waals surface area contributed by atoms with Gasteiger partial charge in [-0.2, -0.15) is 0 Å². The summed E-state index contributed by atoms with van der Waals surface area (Å²) in [6.07, 6.45) is 6.78.